The quantitative estimate of drug-likeness (QED) is 0.665. The van der Waals surface area contributed by atoms with Gasteiger partial charge < -0.3 is 25.3 Å². The molecular weight excluding hydrogens is 308 g/mol. The normalized spacial score (nSPS) is 13.5. The van der Waals surface area contributed by atoms with Gasteiger partial charge in [-0.3, -0.25) is 4.79 Å². The van der Waals surface area contributed by atoms with Crippen LogP contribution in [0.2, 0.25) is 0 Å². The zero-order valence-corrected chi connectivity index (χ0v) is 13.1. The molecule has 2 aromatic rings. The molecule has 1 aromatic carbocycles. The molecule has 6 nitrogen and oxygen atoms in total. The van der Waals surface area contributed by atoms with Gasteiger partial charge in [0.05, 0.1) is 6.61 Å². The van der Waals surface area contributed by atoms with E-state index in [4.69, 9.17) is 20.7 Å². The molecule has 0 aliphatic heterocycles. The smallest absolute Gasteiger partial charge is 0.323 e. The molecule has 1 heterocycles. The number of aliphatic hydroxyl groups excluding tert-OH is 2. The summed E-state index contributed by atoms with van der Waals surface area (Å²) in [4.78, 5) is 11.8. The highest BCUT2D eigenvalue weighted by molar-refractivity contribution is 5.85. The lowest BCUT2D eigenvalue weighted by Gasteiger charge is -2.13. The van der Waals surface area contributed by atoms with Crippen LogP contribution in [-0.4, -0.2) is 46.1 Å². The number of aryl methyl sites for hydroxylation is 1. The molecule has 2 atom stereocenters. The Morgan fingerprint density at radius 3 is 2.77 bits per heavy atom. The molecule has 0 aliphatic rings. The Bertz CT molecular complexity index is 629. The van der Waals surface area contributed by atoms with Crippen molar-refractivity contribution >= 4 is 29.3 Å². The summed E-state index contributed by atoms with van der Waals surface area (Å²) >= 11 is 0. The fraction of sp³-hybridized carbons (Fsp3) is 0.400. The van der Waals surface area contributed by atoms with E-state index in [0.717, 1.165) is 16.5 Å². The first-order chi connectivity index (χ1) is 10.0. The summed E-state index contributed by atoms with van der Waals surface area (Å²) in [7, 11) is 1.94. The lowest BCUT2D eigenvalue weighted by atomic mass is 10.1. The summed E-state index contributed by atoms with van der Waals surface area (Å²) in [6.07, 6.45) is 1.23. The highest BCUT2D eigenvalue weighted by Gasteiger charge is 2.19. The Hall–Kier alpha value is -1.60. The summed E-state index contributed by atoms with van der Waals surface area (Å²) < 4.78 is 6.85. The number of rotatable bonds is 6. The summed E-state index contributed by atoms with van der Waals surface area (Å²) in [5.41, 5.74) is 7.89. The predicted molar refractivity (Wildman–Crippen MR) is 85.9 cm³/mol. The lowest BCUT2D eigenvalue weighted by Crippen LogP contribution is -2.36. The number of carbonyl (C=O) groups excluding carboxylic acids is 1. The standard InChI is InChI=1S/C15H20N2O4.ClH/c1-17-7-10(12-4-2-3-5-14(12)17)6-13(16)15(20)21-9-11(19)8-18;/h2-5,7,11,13,18-19H,6,8-9,16H2,1H3;1H/t11?,13-;/m1./s1. The van der Waals surface area contributed by atoms with Crippen LogP contribution in [0, 0.1) is 0 Å². The first-order valence-electron chi connectivity index (χ1n) is 6.77. The number of hydrogen-bond acceptors (Lipinski definition) is 5. The molecule has 0 radical (unpaired) electrons. The molecule has 0 saturated heterocycles. The molecular formula is C15H21ClN2O4. The second-order valence-electron chi connectivity index (χ2n) is 5.06. The summed E-state index contributed by atoms with van der Waals surface area (Å²) in [6.45, 7) is -0.704. The van der Waals surface area contributed by atoms with Crippen molar-refractivity contribution in [1.29, 1.82) is 0 Å². The van der Waals surface area contributed by atoms with Crippen LogP contribution in [0.1, 0.15) is 5.56 Å². The third-order valence-corrected chi connectivity index (χ3v) is 3.35. The lowest BCUT2D eigenvalue weighted by molar-refractivity contribution is -0.148. The van der Waals surface area contributed by atoms with E-state index in [1.54, 1.807) is 0 Å². The van der Waals surface area contributed by atoms with Gasteiger partial charge in [-0.1, -0.05) is 18.2 Å². The second kappa shape index (κ2) is 8.14. The molecule has 0 bridgehead atoms. The van der Waals surface area contributed by atoms with Gasteiger partial charge in [-0.25, -0.2) is 0 Å². The van der Waals surface area contributed by atoms with Crippen LogP contribution >= 0.6 is 12.4 Å². The fourth-order valence-electron chi connectivity index (χ4n) is 2.25. The summed E-state index contributed by atoms with van der Waals surface area (Å²) in [5.74, 6) is -0.588. The van der Waals surface area contributed by atoms with Crippen molar-refractivity contribution in [2.45, 2.75) is 18.6 Å². The van der Waals surface area contributed by atoms with E-state index in [-0.39, 0.29) is 19.0 Å². The molecule has 0 spiro atoms. The summed E-state index contributed by atoms with van der Waals surface area (Å²) in [6, 6.07) is 7.07. The van der Waals surface area contributed by atoms with E-state index in [0.29, 0.717) is 6.42 Å². The van der Waals surface area contributed by atoms with Gasteiger partial charge in [-0.2, -0.15) is 0 Å². The van der Waals surface area contributed by atoms with E-state index in [1.165, 1.54) is 0 Å². The van der Waals surface area contributed by atoms with Crippen molar-refractivity contribution in [2.24, 2.45) is 12.8 Å². The van der Waals surface area contributed by atoms with Crippen molar-refractivity contribution < 1.29 is 19.7 Å². The van der Waals surface area contributed by atoms with E-state index in [2.05, 4.69) is 0 Å². The maximum absolute atomic E-state index is 11.8. The maximum Gasteiger partial charge on any atom is 0.323 e. The molecule has 1 unspecified atom stereocenters. The first kappa shape index (κ1) is 18.4. The molecule has 22 heavy (non-hydrogen) atoms. The van der Waals surface area contributed by atoms with E-state index in [9.17, 15) is 4.79 Å². The maximum atomic E-state index is 11.8. The fourth-order valence-corrected chi connectivity index (χ4v) is 2.25. The minimum Gasteiger partial charge on any atom is -0.462 e. The molecule has 2 rings (SSSR count). The number of aromatic nitrogens is 1. The summed E-state index contributed by atoms with van der Waals surface area (Å²) in [5, 5.41) is 18.9. The molecule has 4 N–H and O–H groups in total. The highest BCUT2D eigenvalue weighted by Crippen LogP contribution is 2.21. The largest absolute Gasteiger partial charge is 0.462 e. The van der Waals surface area contributed by atoms with Crippen LogP contribution in [0.5, 0.6) is 0 Å². The number of aliphatic hydroxyl groups is 2. The van der Waals surface area contributed by atoms with E-state index >= 15 is 0 Å². The second-order valence-corrected chi connectivity index (χ2v) is 5.06. The van der Waals surface area contributed by atoms with Crippen LogP contribution in [0.15, 0.2) is 30.5 Å². The van der Waals surface area contributed by atoms with Gasteiger partial charge in [-0.05, 0) is 11.6 Å². The van der Waals surface area contributed by atoms with Crippen molar-refractivity contribution in [3.05, 3.63) is 36.0 Å². The molecule has 1 aromatic heterocycles. The number of nitrogens with two attached hydrogens (primary N) is 1. The average Bonchev–Trinajstić information content (AvgIpc) is 2.81. The van der Waals surface area contributed by atoms with Crippen LogP contribution in [-0.2, 0) is 23.0 Å². The molecule has 0 aliphatic carbocycles. The van der Waals surface area contributed by atoms with Crippen LogP contribution in [0.25, 0.3) is 10.9 Å². The van der Waals surface area contributed by atoms with E-state index < -0.39 is 24.7 Å². The zero-order chi connectivity index (χ0) is 15.4. The van der Waals surface area contributed by atoms with Gasteiger partial charge in [0.15, 0.2) is 0 Å². The number of para-hydroxylation sites is 1. The third-order valence-electron chi connectivity index (χ3n) is 3.35. The van der Waals surface area contributed by atoms with Crippen molar-refractivity contribution in [2.75, 3.05) is 13.2 Å². The van der Waals surface area contributed by atoms with Gasteiger partial charge in [0.1, 0.15) is 18.8 Å². The number of ether oxygens (including phenoxy) is 1. The van der Waals surface area contributed by atoms with Gasteiger partial charge in [0.25, 0.3) is 0 Å². The average molecular weight is 329 g/mol. The Kier molecular flexibility index (Phi) is 6.83. The minimum atomic E-state index is -1.07. The predicted octanol–water partition coefficient (Wildman–Crippen LogP) is 0.366. The van der Waals surface area contributed by atoms with Gasteiger partial charge in [0, 0.05) is 30.6 Å². The Morgan fingerprint density at radius 2 is 2.09 bits per heavy atom. The number of carbonyl (C=O) groups is 1. The molecule has 7 heteroatoms. The highest BCUT2D eigenvalue weighted by atomic mass is 35.5. The molecule has 0 saturated carbocycles. The third kappa shape index (κ3) is 4.20. The monoisotopic (exact) mass is 328 g/mol. The molecule has 122 valence electrons. The number of fused-ring (bicyclic) bond motifs is 1. The minimum absolute atomic E-state index is 0. The number of benzene rings is 1. The molecule has 0 amide bonds. The van der Waals surface area contributed by atoms with E-state index in [1.807, 2.05) is 42.1 Å². The van der Waals surface area contributed by atoms with Crippen LogP contribution < -0.4 is 5.73 Å². The SMILES string of the molecule is Cl.Cn1cc(C[C@@H](N)C(=O)OCC(O)CO)c2ccccc21. The number of nitrogens with zero attached hydrogens (tertiary/aromatic N) is 1. The Balaban J connectivity index is 0.00000242. The topological polar surface area (TPSA) is 97.7 Å². The van der Waals surface area contributed by atoms with Gasteiger partial charge >= 0.3 is 5.97 Å². The van der Waals surface area contributed by atoms with Gasteiger partial charge in [-0.15, -0.1) is 12.4 Å². The van der Waals surface area contributed by atoms with Crippen molar-refractivity contribution in [3.63, 3.8) is 0 Å². The zero-order valence-electron chi connectivity index (χ0n) is 12.3. The van der Waals surface area contributed by atoms with Crippen LogP contribution in [0.3, 0.4) is 0 Å². The van der Waals surface area contributed by atoms with Gasteiger partial charge in [0.2, 0.25) is 0 Å². The first-order valence-corrected chi connectivity index (χ1v) is 6.77. The number of esters is 1. The Labute approximate surface area is 134 Å². The van der Waals surface area contributed by atoms with Crippen molar-refractivity contribution in [1.82, 2.24) is 4.57 Å². The van der Waals surface area contributed by atoms with Crippen LogP contribution in [0.4, 0.5) is 0 Å². The number of hydrogen-bond donors (Lipinski definition) is 3. The van der Waals surface area contributed by atoms with Crippen molar-refractivity contribution in [3.8, 4) is 0 Å². The number of halogens is 1. The Morgan fingerprint density at radius 1 is 1.41 bits per heavy atom. The molecule has 0 fully saturated rings.